The molecule has 0 aliphatic rings. The minimum atomic E-state index is 0.781. The van der Waals surface area contributed by atoms with Gasteiger partial charge in [0.1, 0.15) is 10.7 Å². The first-order valence-electron chi connectivity index (χ1n) is 4.87. The van der Waals surface area contributed by atoms with Crippen molar-refractivity contribution in [3.8, 4) is 11.3 Å². The van der Waals surface area contributed by atoms with E-state index < -0.39 is 0 Å². The summed E-state index contributed by atoms with van der Waals surface area (Å²) in [6.45, 7) is 4.10. The van der Waals surface area contributed by atoms with Crippen LogP contribution in [0.15, 0.2) is 6.20 Å². The normalized spacial score (nSPS) is 10.9. The molecule has 4 nitrogen and oxygen atoms in total. The van der Waals surface area contributed by atoms with Crippen LogP contribution in [0.25, 0.3) is 11.3 Å². The summed E-state index contributed by atoms with van der Waals surface area (Å²) in [4.78, 5) is 4.51. The highest BCUT2D eigenvalue weighted by atomic mass is 32.1. The first kappa shape index (κ1) is 10.2. The summed E-state index contributed by atoms with van der Waals surface area (Å²) in [7, 11) is 1.92. The van der Waals surface area contributed by atoms with E-state index >= 15 is 0 Å². The molecular weight excluding hydrogens is 208 g/mol. The average Bonchev–Trinajstić information content (AvgIpc) is 2.73. The van der Waals surface area contributed by atoms with Crippen molar-refractivity contribution in [2.45, 2.75) is 20.3 Å². The van der Waals surface area contributed by atoms with Crippen LogP contribution in [-0.4, -0.2) is 14.8 Å². The van der Waals surface area contributed by atoms with Crippen molar-refractivity contribution >= 4 is 16.3 Å². The Hall–Kier alpha value is -1.36. The zero-order valence-electron chi connectivity index (χ0n) is 9.11. The lowest BCUT2D eigenvalue weighted by atomic mass is 10.2. The third-order valence-electron chi connectivity index (χ3n) is 2.49. The number of anilines is 1. The number of nitrogens with zero attached hydrogens (tertiary/aromatic N) is 3. The van der Waals surface area contributed by atoms with E-state index in [1.54, 1.807) is 11.3 Å². The van der Waals surface area contributed by atoms with Gasteiger partial charge in [0.05, 0.1) is 11.2 Å². The van der Waals surface area contributed by atoms with Crippen molar-refractivity contribution in [1.29, 1.82) is 0 Å². The van der Waals surface area contributed by atoms with Crippen LogP contribution >= 0.6 is 11.3 Å². The van der Waals surface area contributed by atoms with Gasteiger partial charge in [-0.2, -0.15) is 5.10 Å². The predicted octanol–water partition coefficient (Wildman–Crippen LogP) is 2.00. The van der Waals surface area contributed by atoms with Crippen molar-refractivity contribution in [2.24, 2.45) is 7.05 Å². The minimum Gasteiger partial charge on any atom is -0.389 e. The summed E-state index contributed by atoms with van der Waals surface area (Å²) in [5, 5.41) is 6.05. The summed E-state index contributed by atoms with van der Waals surface area (Å²) < 4.78 is 1.83. The molecule has 0 aliphatic carbocycles. The number of thiazole rings is 1. The molecule has 2 aromatic heterocycles. The van der Waals surface area contributed by atoms with Crippen LogP contribution in [-0.2, 0) is 13.5 Å². The maximum Gasteiger partial charge on any atom is 0.114 e. The zero-order chi connectivity index (χ0) is 11.0. The van der Waals surface area contributed by atoms with E-state index in [9.17, 15) is 0 Å². The Kier molecular flexibility index (Phi) is 2.48. The van der Waals surface area contributed by atoms with Gasteiger partial charge in [-0.3, -0.25) is 4.68 Å². The van der Waals surface area contributed by atoms with Crippen molar-refractivity contribution in [1.82, 2.24) is 14.8 Å². The van der Waals surface area contributed by atoms with Crippen LogP contribution in [0, 0.1) is 6.92 Å². The van der Waals surface area contributed by atoms with Crippen LogP contribution < -0.4 is 5.73 Å². The molecule has 2 N–H and O–H groups in total. The van der Waals surface area contributed by atoms with Gasteiger partial charge in [-0.15, -0.1) is 11.3 Å². The second-order valence-electron chi connectivity index (χ2n) is 3.44. The van der Waals surface area contributed by atoms with E-state index in [2.05, 4.69) is 17.0 Å². The molecule has 2 rings (SSSR count). The Morgan fingerprint density at radius 3 is 2.73 bits per heavy atom. The van der Waals surface area contributed by atoms with Gasteiger partial charge in [-0.1, -0.05) is 6.92 Å². The third-order valence-corrected chi connectivity index (χ3v) is 3.52. The van der Waals surface area contributed by atoms with E-state index in [-0.39, 0.29) is 0 Å². The van der Waals surface area contributed by atoms with Gasteiger partial charge >= 0.3 is 0 Å². The Labute approximate surface area is 92.8 Å². The molecule has 0 aromatic carbocycles. The number of aromatic nitrogens is 3. The van der Waals surface area contributed by atoms with E-state index in [0.717, 1.165) is 33.4 Å². The molecule has 5 heteroatoms. The number of nitrogen functional groups attached to an aromatic ring is 1. The van der Waals surface area contributed by atoms with Crippen molar-refractivity contribution < 1.29 is 0 Å². The molecule has 0 saturated heterocycles. The molecule has 0 unspecified atom stereocenters. The number of nitrogens with two attached hydrogens (primary N) is 1. The molecule has 0 amide bonds. The highest BCUT2D eigenvalue weighted by Crippen LogP contribution is 2.32. The fourth-order valence-electron chi connectivity index (χ4n) is 1.45. The quantitative estimate of drug-likeness (QED) is 0.845. The molecule has 0 atom stereocenters. The van der Waals surface area contributed by atoms with Crippen LogP contribution in [0.4, 0.5) is 5.00 Å². The number of aryl methyl sites for hydroxylation is 2. The second-order valence-corrected chi connectivity index (χ2v) is 4.56. The molecule has 15 heavy (non-hydrogen) atoms. The van der Waals surface area contributed by atoms with Gasteiger partial charge in [0, 0.05) is 18.3 Å². The Balaban J connectivity index is 2.53. The van der Waals surface area contributed by atoms with E-state index in [4.69, 9.17) is 5.73 Å². The molecule has 2 aromatic rings. The molecular formula is C10H14N4S. The minimum absolute atomic E-state index is 0.781. The summed E-state index contributed by atoms with van der Waals surface area (Å²) in [6.07, 6.45) is 2.74. The number of rotatable bonds is 2. The summed E-state index contributed by atoms with van der Waals surface area (Å²) in [5.41, 5.74) is 8.95. The van der Waals surface area contributed by atoms with E-state index in [1.807, 2.05) is 24.9 Å². The highest BCUT2D eigenvalue weighted by Gasteiger charge is 2.14. The maximum absolute atomic E-state index is 5.95. The zero-order valence-corrected chi connectivity index (χ0v) is 9.93. The fraction of sp³-hybridized carbons (Fsp3) is 0.400. The molecule has 0 fully saturated rings. The molecule has 0 radical (unpaired) electrons. The summed E-state index contributed by atoms with van der Waals surface area (Å²) >= 11 is 1.56. The van der Waals surface area contributed by atoms with Crippen LogP contribution in [0.3, 0.4) is 0 Å². The molecule has 0 aliphatic heterocycles. The SMILES string of the molecule is CCc1nc(-c2cnn(C)c2C)c(N)s1. The lowest BCUT2D eigenvalue weighted by molar-refractivity contribution is 0.740. The smallest absolute Gasteiger partial charge is 0.114 e. The monoisotopic (exact) mass is 222 g/mol. The molecule has 2 heterocycles. The molecule has 0 saturated carbocycles. The van der Waals surface area contributed by atoms with Crippen LogP contribution in [0.5, 0.6) is 0 Å². The topological polar surface area (TPSA) is 56.7 Å². The first-order chi connectivity index (χ1) is 7.13. The van der Waals surface area contributed by atoms with Crippen molar-refractivity contribution in [2.75, 3.05) is 5.73 Å². The van der Waals surface area contributed by atoms with E-state index in [0.29, 0.717) is 0 Å². The molecule has 0 spiro atoms. The second kappa shape index (κ2) is 3.66. The van der Waals surface area contributed by atoms with Crippen LogP contribution in [0.2, 0.25) is 0 Å². The van der Waals surface area contributed by atoms with E-state index in [1.165, 1.54) is 0 Å². The number of hydrogen-bond acceptors (Lipinski definition) is 4. The number of hydrogen-bond donors (Lipinski definition) is 1. The Bertz CT molecular complexity index is 484. The lowest BCUT2D eigenvalue weighted by Gasteiger charge is -1.97. The molecule has 0 bridgehead atoms. The first-order valence-corrected chi connectivity index (χ1v) is 5.69. The fourth-order valence-corrected chi connectivity index (χ4v) is 2.24. The van der Waals surface area contributed by atoms with Gasteiger partial charge in [0.25, 0.3) is 0 Å². The van der Waals surface area contributed by atoms with Gasteiger partial charge in [0.15, 0.2) is 0 Å². The van der Waals surface area contributed by atoms with Gasteiger partial charge in [-0.25, -0.2) is 4.98 Å². The Morgan fingerprint density at radius 2 is 2.27 bits per heavy atom. The summed E-state index contributed by atoms with van der Waals surface area (Å²) in [5.74, 6) is 0. The standard InChI is InChI=1S/C10H14N4S/c1-4-8-13-9(10(11)15-8)7-5-12-14(3)6(7)2/h5H,4,11H2,1-3H3. The highest BCUT2D eigenvalue weighted by molar-refractivity contribution is 7.16. The largest absolute Gasteiger partial charge is 0.389 e. The average molecular weight is 222 g/mol. The van der Waals surface area contributed by atoms with Gasteiger partial charge in [0.2, 0.25) is 0 Å². The maximum atomic E-state index is 5.95. The van der Waals surface area contributed by atoms with Crippen molar-refractivity contribution in [3.05, 3.63) is 16.9 Å². The van der Waals surface area contributed by atoms with Gasteiger partial charge in [-0.05, 0) is 13.3 Å². The van der Waals surface area contributed by atoms with Gasteiger partial charge < -0.3 is 5.73 Å². The summed E-state index contributed by atoms with van der Waals surface area (Å²) in [6, 6.07) is 0. The molecule has 80 valence electrons. The third kappa shape index (κ3) is 1.63. The lowest BCUT2D eigenvalue weighted by Crippen LogP contribution is -1.93. The predicted molar refractivity (Wildman–Crippen MR) is 62.8 cm³/mol. The van der Waals surface area contributed by atoms with Crippen LogP contribution in [0.1, 0.15) is 17.6 Å². The van der Waals surface area contributed by atoms with Crippen molar-refractivity contribution in [3.63, 3.8) is 0 Å². The Morgan fingerprint density at radius 1 is 1.53 bits per heavy atom.